The number of benzene rings is 1. The van der Waals surface area contributed by atoms with Gasteiger partial charge in [-0.3, -0.25) is 0 Å². The van der Waals surface area contributed by atoms with E-state index >= 15 is 0 Å². The Labute approximate surface area is 70.9 Å². The van der Waals surface area contributed by atoms with Gasteiger partial charge in [0.2, 0.25) is 0 Å². The third-order valence-electron chi connectivity index (χ3n) is 1.41. The summed E-state index contributed by atoms with van der Waals surface area (Å²) in [6.07, 6.45) is 0. The van der Waals surface area contributed by atoms with Crippen molar-refractivity contribution in [2.75, 3.05) is 7.11 Å². The number of halogens is 1. The molecule has 0 heterocycles. The van der Waals surface area contributed by atoms with Gasteiger partial charge in [0.1, 0.15) is 5.75 Å². The Morgan fingerprint density at radius 3 is 2.91 bits per heavy atom. The van der Waals surface area contributed by atoms with Gasteiger partial charge in [0.15, 0.2) is 0 Å². The molecule has 0 aromatic heterocycles. The van der Waals surface area contributed by atoms with E-state index in [9.17, 15) is 0 Å². The minimum atomic E-state index is 0.409. The van der Waals surface area contributed by atoms with Crippen molar-refractivity contribution in [3.05, 3.63) is 28.8 Å². The van der Waals surface area contributed by atoms with Crippen molar-refractivity contribution < 1.29 is 4.74 Å². The van der Waals surface area contributed by atoms with Crippen LogP contribution in [0.4, 0.5) is 0 Å². The maximum absolute atomic E-state index is 5.88. The molecule has 1 radical (unpaired) electrons. The van der Waals surface area contributed by atoms with E-state index in [0.29, 0.717) is 17.3 Å². The molecule has 0 atom stereocenters. The summed E-state index contributed by atoms with van der Waals surface area (Å²) in [5.41, 5.74) is 6.27. The fraction of sp³-hybridized carbons (Fsp3) is 0.250. The zero-order valence-electron chi connectivity index (χ0n) is 6.23. The van der Waals surface area contributed by atoms with Crippen LogP contribution in [0, 0.1) is 6.07 Å². The summed E-state index contributed by atoms with van der Waals surface area (Å²) in [6, 6.07) is 6.32. The van der Waals surface area contributed by atoms with Gasteiger partial charge >= 0.3 is 0 Å². The van der Waals surface area contributed by atoms with Crippen molar-refractivity contribution in [3.63, 3.8) is 0 Å². The van der Waals surface area contributed by atoms with Gasteiger partial charge in [-0.15, -0.1) is 0 Å². The first kappa shape index (κ1) is 8.37. The molecule has 2 N–H and O–H groups in total. The molecule has 1 aromatic rings. The van der Waals surface area contributed by atoms with Crippen LogP contribution in [-0.4, -0.2) is 7.11 Å². The zero-order valence-corrected chi connectivity index (χ0v) is 6.98. The zero-order chi connectivity index (χ0) is 8.27. The van der Waals surface area contributed by atoms with E-state index in [2.05, 4.69) is 6.07 Å². The summed E-state index contributed by atoms with van der Waals surface area (Å²) in [5.74, 6) is 0.620. The van der Waals surface area contributed by atoms with Gasteiger partial charge in [-0.25, -0.2) is 0 Å². The lowest BCUT2D eigenvalue weighted by atomic mass is 10.2. The van der Waals surface area contributed by atoms with E-state index in [0.717, 1.165) is 5.56 Å². The van der Waals surface area contributed by atoms with Gasteiger partial charge in [-0.1, -0.05) is 11.6 Å². The van der Waals surface area contributed by atoms with E-state index < -0.39 is 0 Å². The second-order valence-corrected chi connectivity index (χ2v) is 2.45. The number of rotatable bonds is 2. The minimum Gasteiger partial charge on any atom is -0.495 e. The van der Waals surface area contributed by atoms with Crippen LogP contribution in [0.5, 0.6) is 5.75 Å². The fourth-order valence-electron chi connectivity index (χ4n) is 0.800. The summed E-state index contributed by atoms with van der Waals surface area (Å²) in [5, 5.41) is 0.578. The topological polar surface area (TPSA) is 35.2 Å². The molecule has 59 valence electrons. The average Bonchev–Trinajstić information content (AvgIpc) is 2.05. The van der Waals surface area contributed by atoms with Crippen molar-refractivity contribution in [3.8, 4) is 5.75 Å². The molecule has 11 heavy (non-hydrogen) atoms. The molecule has 0 amide bonds. The van der Waals surface area contributed by atoms with Gasteiger partial charge in [0.25, 0.3) is 0 Å². The van der Waals surface area contributed by atoms with Gasteiger partial charge in [-0.05, 0) is 23.8 Å². The maximum Gasteiger partial charge on any atom is 0.138 e. The highest BCUT2D eigenvalue weighted by Gasteiger charge is 2.03. The quantitative estimate of drug-likeness (QED) is 0.732. The molecule has 2 nitrogen and oxygen atoms in total. The van der Waals surface area contributed by atoms with Crippen LogP contribution in [-0.2, 0) is 6.54 Å². The standard InChI is InChI=1S/C8H9ClNO/c1-11-7-4-2-3-6(5-10)8(7)9/h3-4H,5,10H2,1H3. The number of nitrogens with two attached hydrogens (primary N) is 1. The van der Waals surface area contributed by atoms with E-state index in [1.54, 1.807) is 19.2 Å². The predicted octanol–water partition coefficient (Wildman–Crippen LogP) is 1.61. The Hall–Kier alpha value is -0.730. The van der Waals surface area contributed by atoms with Crippen LogP contribution >= 0.6 is 11.6 Å². The molecule has 0 aliphatic carbocycles. The van der Waals surface area contributed by atoms with Gasteiger partial charge in [0.05, 0.1) is 12.1 Å². The summed E-state index contributed by atoms with van der Waals surface area (Å²) in [6.45, 7) is 0.409. The van der Waals surface area contributed by atoms with Crippen LogP contribution in [0.15, 0.2) is 12.1 Å². The Kier molecular flexibility index (Phi) is 2.74. The minimum absolute atomic E-state index is 0.409. The monoisotopic (exact) mass is 170 g/mol. The lowest BCUT2D eigenvalue weighted by molar-refractivity contribution is 0.414. The summed E-state index contributed by atoms with van der Waals surface area (Å²) < 4.78 is 4.97. The molecule has 0 saturated heterocycles. The predicted molar refractivity (Wildman–Crippen MR) is 44.7 cm³/mol. The third-order valence-corrected chi connectivity index (χ3v) is 1.84. The molecule has 0 aliphatic heterocycles. The number of hydrogen-bond acceptors (Lipinski definition) is 2. The van der Waals surface area contributed by atoms with Crippen LogP contribution in [0.25, 0.3) is 0 Å². The average molecular weight is 171 g/mol. The molecule has 0 saturated carbocycles. The Balaban J connectivity index is 3.10. The second kappa shape index (κ2) is 3.60. The largest absolute Gasteiger partial charge is 0.495 e. The van der Waals surface area contributed by atoms with Crippen LogP contribution in [0.1, 0.15) is 5.56 Å². The molecule has 3 heteroatoms. The van der Waals surface area contributed by atoms with E-state index in [4.69, 9.17) is 22.1 Å². The number of ether oxygens (including phenoxy) is 1. The molecule has 1 aromatic carbocycles. The Bertz CT molecular complexity index is 228. The molecular weight excluding hydrogens is 162 g/mol. The molecule has 0 unspecified atom stereocenters. The highest BCUT2D eigenvalue weighted by Crippen LogP contribution is 2.26. The van der Waals surface area contributed by atoms with Crippen molar-refractivity contribution in [1.82, 2.24) is 0 Å². The lowest BCUT2D eigenvalue weighted by Gasteiger charge is -2.05. The van der Waals surface area contributed by atoms with Crippen molar-refractivity contribution in [2.45, 2.75) is 6.54 Å². The van der Waals surface area contributed by atoms with Crippen LogP contribution in [0.3, 0.4) is 0 Å². The van der Waals surface area contributed by atoms with Crippen molar-refractivity contribution >= 4 is 11.6 Å². The molecule has 0 aliphatic rings. The summed E-state index contributed by atoms with van der Waals surface area (Å²) in [4.78, 5) is 0. The smallest absolute Gasteiger partial charge is 0.138 e. The first-order valence-electron chi connectivity index (χ1n) is 3.22. The molecule has 0 bridgehead atoms. The Morgan fingerprint density at radius 2 is 2.36 bits per heavy atom. The Morgan fingerprint density at radius 1 is 1.64 bits per heavy atom. The molecule has 1 rings (SSSR count). The third kappa shape index (κ3) is 1.64. The maximum atomic E-state index is 5.88. The first-order chi connectivity index (χ1) is 5.29. The van der Waals surface area contributed by atoms with E-state index in [1.807, 2.05) is 0 Å². The number of hydrogen-bond donors (Lipinski definition) is 1. The van der Waals surface area contributed by atoms with Crippen molar-refractivity contribution in [2.24, 2.45) is 5.73 Å². The van der Waals surface area contributed by atoms with E-state index in [-0.39, 0.29) is 0 Å². The highest BCUT2D eigenvalue weighted by atomic mass is 35.5. The SMILES string of the molecule is COc1c[c]cc(CN)c1Cl. The number of methoxy groups -OCH3 is 1. The van der Waals surface area contributed by atoms with Gasteiger partial charge < -0.3 is 10.5 Å². The molecule has 0 fully saturated rings. The molecular formula is C8H9ClNO. The van der Waals surface area contributed by atoms with Crippen LogP contribution in [0.2, 0.25) is 5.02 Å². The summed E-state index contributed by atoms with van der Waals surface area (Å²) >= 11 is 5.88. The van der Waals surface area contributed by atoms with Crippen molar-refractivity contribution in [1.29, 1.82) is 0 Å². The second-order valence-electron chi connectivity index (χ2n) is 2.07. The van der Waals surface area contributed by atoms with Gasteiger partial charge in [0, 0.05) is 6.54 Å². The summed E-state index contributed by atoms with van der Waals surface area (Å²) in [7, 11) is 1.56. The lowest BCUT2D eigenvalue weighted by Crippen LogP contribution is -1.98. The normalized spacial score (nSPS) is 9.73. The fourth-order valence-corrected chi connectivity index (χ4v) is 1.06. The highest BCUT2D eigenvalue weighted by molar-refractivity contribution is 6.32. The van der Waals surface area contributed by atoms with Crippen LogP contribution < -0.4 is 10.5 Å². The van der Waals surface area contributed by atoms with Gasteiger partial charge in [-0.2, -0.15) is 0 Å². The first-order valence-corrected chi connectivity index (χ1v) is 3.60. The van der Waals surface area contributed by atoms with E-state index in [1.165, 1.54) is 0 Å². The molecule has 0 spiro atoms.